The maximum atomic E-state index is 12.6. The van der Waals surface area contributed by atoms with Crippen LogP contribution in [0.1, 0.15) is 30.3 Å². The summed E-state index contributed by atoms with van der Waals surface area (Å²) in [5.74, 6) is 0.476. The third-order valence-corrected chi connectivity index (χ3v) is 6.05. The molecule has 5 heterocycles. The summed E-state index contributed by atoms with van der Waals surface area (Å²) in [6.45, 7) is 4.18. The molecule has 0 aliphatic carbocycles. The van der Waals surface area contributed by atoms with E-state index < -0.39 is 0 Å². The summed E-state index contributed by atoms with van der Waals surface area (Å²) in [5, 5.41) is 13.5. The molecule has 3 aliphatic rings. The van der Waals surface area contributed by atoms with Crippen LogP contribution in [-0.2, 0) is 11.3 Å². The largest absolute Gasteiger partial charge is 0.330 e. The van der Waals surface area contributed by atoms with E-state index in [0.717, 1.165) is 32.5 Å². The first-order valence-corrected chi connectivity index (χ1v) is 9.44. The normalized spacial score (nSPS) is 28.0. The molecular weight excluding hydrogens is 340 g/mol. The number of carbonyl (C=O) groups excluding carboxylic acids is 2. The fraction of sp³-hybridized carbons (Fsp3) is 0.562. The summed E-state index contributed by atoms with van der Waals surface area (Å²) in [4.78, 5) is 29.5. The molecule has 5 rings (SSSR count). The Kier molecular flexibility index (Phi) is 4.34. The molecule has 1 unspecified atom stereocenters. The molecular formula is C16H21N6O2S+. The lowest BCUT2D eigenvalue weighted by atomic mass is 9.75. The van der Waals surface area contributed by atoms with Crippen LogP contribution in [0.25, 0.3) is 0 Å². The average Bonchev–Trinajstić information content (AvgIpc) is 3.27. The summed E-state index contributed by atoms with van der Waals surface area (Å²) in [6, 6.07) is 0.421. The van der Waals surface area contributed by atoms with Crippen LogP contribution in [0.15, 0.2) is 17.8 Å². The highest BCUT2D eigenvalue weighted by Crippen LogP contribution is 2.28. The molecule has 2 N–H and O–H groups in total. The van der Waals surface area contributed by atoms with Crippen LogP contribution in [0.3, 0.4) is 0 Å². The molecule has 25 heavy (non-hydrogen) atoms. The number of quaternary nitrogens is 1. The molecule has 0 saturated carbocycles. The lowest BCUT2D eigenvalue weighted by molar-refractivity contribution is -0.945. The van der Waals surface area contributed by atoms with Crippen molar-refractivity contribution in [2.45, 2.75) is 32.4 Å². The second kappa shape index (κ2) is 6.64. The number of aromatic nitrogens is 4. The van der Waals surface area contributed by atoms with E-state index in [1.165, 1.54) is 23.2 Å². The average molecular weight is 361 g/mol. The molecule has 2 aromatic rings. The number of thiazole rings is 1. The third kappa shape index (κ3) is 3.34. The Balaban J connectivity index is 1.39. The predicted molar refractivity (Wildman–Crippen MR) is 91.5 cm³/mol. The van der Waals surface area contributed by atoms with Gasteiger partial charge in [-0.2, -0.15) is 0 Å². The van der Waals surface area contributed by atoms with Gasteiger partial charge in [-0.25, -0.2) is 9.67 Å². The Morgan fingerprint density at radius 2 is 2.36 bits per heavy atom. The van der Waals surface area contributed by atoms with E-state index in [0.29, 0.717) is 22.8 Å². The molecule has 0 radical (unpaired) electrons. The van der Waals surface area contributed by atoms with E-state index in [1.807, 2.05) is 5.38 Å². The first-order valence-electron chi connectivity index (χ1n) is 8.56. The van der Waals surface area contributed by atoms with E-state index in [4.69, 9.17) is 0 Å². The van der Waals surface area contributed by atoms with Crippen molar-refractivity contribution < 1.29 is 14.5 Å². The number of amides is 1. The highest BCUT2D eigenvalue weighted by atomic mass is 32.1. The second-order valence-electron chi connectivity index (χ2n) is 6.91. The van der Waals surface area contributed by atoms with E-state index >= 15 is 0 Å². The Morgan fingerprint density at radius 3 is 3.00 bits per heavy atom. The number of Topliss-reactive ketones (excluding diaryl/α,β-unsaturated/α-hetero) is 1. The first kappa shape index (κ1) is 16.3. The van der Waals surface area contributed by atoms with Gasteiger partial charge >= 0.3 is 0 Å². The maximum Gasteiger partial charge on any atom is 0.235 e. The van der Waals surface area contributed by atoms with Gasteiger partial charge in [0.25, 0.3) is 0 Å². The quantitative estimate of drug-likeness (QED) is 0.724. The van der Waals surface area contributed by atoms with E-state index in [2.05, 4.69) is 20.6 Å². The van der Waals surface area contributed by atoms with Crippen molar-refractivity contribution in [2.75, 3.05) is 18.4 Å². The Hall–Kier alpha value is -2.13. The van der Waals surface area contributed by atoms with E-state index in [9.17, 15) is 9.59 Å². The number of hydrogen-bond acceptors (Lipinski definition) is 6. The zero-order chi connectivity index (χ0) is 17.4. The Bertz CT molecular complexity index is 773. The molecule has 0 spiro atoms. The van der Waals surface area contributed by atoms with Crippen LogP contribution >= 0.6 is 11.3 Å². The van der Waals surface area contributed by atoms with Gasteiger partial charge in [0.1, 0.15) is 11.7 Å². The highest BCUT2D eigenvalue weighted by molar-refractivity contribution is 7.13. The molecule has 3 aliphatic heterocycles. The van der Waals surface area contributed by atoms with Crippen LogP contribution < -0.4 is 10.2 Å². The minimum atomic E-state index is -0.0667. The third-order valence-electron chi connectivity index (χ3n) is 5.36. The van der Waals surface area contributed by atoms with Gasteiger partial charge in [-0.3, -0.25) is 9.59 Å². The fourth-order valence-corrected chi connectivity index (χ4v) is 4.61. The van der Waals surface area contributed by atoms with Gasteiger partial charge < -0.3 is 10.2 Å². The molecule has 8 nitrogen and oxygen atoms in total. The standard InChI is InChI=1S/C16H20N6O2S/c1-10(23)14-9-22(20-19-14)7-12-6-11-2-4-21(12)8-13(11)15(24)18-16-17-3-5-25-16/h3,5,9,11-13H,2,4,6-8H2,1H3,(H,17,18,24)/p+1/t11-,12-,13+/m1/s1. The summed E-state index contributed by atoms with van der Waals surface area (Å²) in [6.07, 6.45) is 5.50. The summed E-state index contributed by atoms with van der Waals surface area (Å²) >= 11 is 1.45. The molecule has 9 heteroatoms. The molecule has 0 aromatic carbocycles. The number of rotatable bonds is 5. The molecule has 3 saturated heterocycles. The number of piperidine rings is 3. The van der Waals surface area contributed by atoms with Crippen LogP contribution in [0.2, 0.25) is 0 Å². The minimum Gasteiger partial charge on any atom is -0.330 e. The topological polar surface area (TPSA) is 94.2 Å². The minimum absolute atomic E-state index is 0.0485. The smallest absolute Gasteiger partial charge is 0.235 e. The van der Waals surface area contributed by atoms with Gasteiger partial charge in [0.2, 0.25) is 5.91 Å². The van der Waals surface area contributed by atoms with E-state index in [-0.39, 0.29) is 17.6 Å². The van der Waals surface area contributed by atoms with Crippen molar-refractivity contribution in [1.82, 2.24) is 20.0 Å². The number of anilines is 1. The number of nitrogens with one attached hydrogen (secondary N) is 2. The Labute approximate surface area is 149 Å². The van der Waals surface area contributed by atoms with Gasteiger partial charge in [-0.05, 0) is 5.92 Å². The zero-order valence-corrected chi connectivity index (χ0v) is 14.8. The summed E-state index contributed by atoms with van der Waals surface area (Å²) in [5.41, 5.74) is 0.409. The number of ketones is 1. The van der Waals surface area contributed by atoms with Crippen LogP contribution in [-0.4, -0.2) is 50.8 Å². The second-order valence-corrected chi connectivity index (χ2v) is 7.80. The molecule has 4 atom stereocenters. The summed E-state index contributed by atoms with van der Waals surface area (Å²) < 4.78 is 1.76. The molecule has 1 amide bonds. The first-order chi connectivity index (χ1) is 12.1. The fourth-order valence-electron chi connectivity index (χ4n) is 4.08. The Morgan fingerprint density at radius 1 is 1.48 bits per heavy atom. The number of nitrogens with zero attached hydrogens (tertiary/aromatic N) is 4. The van der Waals surface area contributed by atoms with Crippen LogP contribution in [0.5, 0.6) is 0 Å². The maximum absolute atomic E-state index is 12.6. The zero-order valence-electron chi connectivity index (χ0n) is 14.0. The van der Waals surface area contributed by atoms with Crippen molar-refractivity contribution in [1.29, 1.82) is 0 Å². The molecule has 2 bridgehead atoms. The molecule has 2 aromatic heterocycles. The van der Waals surface area contributed by atoms with Gasteiger partial charge in [-0.1, -0.05) is 5.21 Å². The van der Waals surface area contributed by atoms with Gasteiger partial charge in [0, 0.05) is 31.3 Å². The van der Waals surface area contributed by atoms with Crippen LogP contribution in [0.4, 0.5) is 5.13 Å². The van der Waals surface area contributed by atoms with Crippen molar-refractivity contribution in [3.05, 3.63) is 23.5 Å². The lowest BCUT2D eigenvalue weighted by Crippen LogP contribution is -3.20. The van der Waals surface area contributed by atoms with Gasteiger partial charge in [0.15, 0.2) is 10.9 Å². The van der Waals surface area contributed by atoms with Crippen molar-refractivity contribution >= 4 is 28.2 Å². The number of carbonyl (C=O) groups is 2. The van der Waals surface area contributed by atoms with Crippen molar-refractivity contribution in [3.63, 3.8) is 0 Å². The predicted octanol–water partition coefficient (Wildman–Crippen LogP) is -0.131. The number of hydrogen-bond donors (Lipinski definition) is 2. The number of fused-ring (bicyclic) bond motifs is 3. The van der Waals surface area contributed by atoms with E-state index in [1.54, 1.807) is 17.1 Å². The molecule has 132 valence electrons. The van der Waals surface area contributed by atoms with Gasteiger partial charge in [-0.15, -0.1) is 16.4 Å². The lowest BCUT2D eigenvalue weighted by Gasteiger charge is -2.46. The SMILES string of the molecule is CC(=O)c1cn(C[C@H]2C[C@H]3CC[NH+]2C[C@@H]3C(=O)Nc2nccs2)nn1. The van der Waals surface area contributed by atoms with Crippen molar-refractivity contribution in [3.8, 4) is 0 Å². The highest BCUT2D eigenvalue weighted by Gasteiger charge is 2.46. The molecule has 3 fully saturated rings. The van der Waals surface area contributed by atoms with Gasteiger partial charge in [0.05, 0.1) is 31.7 Å². The monoisotopic (exact) mass is 361 g/mol. The van der Waals surface area contributed by atoms with Crippen LogP contribution in [0, 0.1) is 11.8 Å². The summed E-state index contributed by atoms with van der Waals surface area (Å²) in [7, 11) is 0. The van der Waals surface area contributed by atoms with Crippen molar-refractivity contribution in [2.24, 2.45) is 11.8 Å².